The Morgan fingerprint density at radius 2 is 1.89 bits per heavy atom. The summed E-state index contributed by atoms with van der Waals surface area (Å²) < 4.78 is 84.9. The molecule has 3 rings (SSSR count). The number of halogens is 4. The summed E-state index contributed by atoms with van der Waals surface area (Å²) in [6, 6.07) is 6.34. The van der Waals surface area contributed by atoms with Gasteiger partial charge in [0, 0.05) is 23.4 Å². The molecule has 5 nitrogen and oxygen atoms in total. The predicted molar refractivity (Wildman–Crippen MR) is 84.5 cm³/mol. The minimum Gasteiger partial charge on any atom is -0.457 e. The van der Waals surface area contributed by atoms with E-state index in [0.29, 0.717) is 0 Å². The highest BCUT2D eigenvalue weighted by molar-refractivity contribution is 7.90. The Labute approximate surface area is 151 Å². The first kappa shape index (κ1) is 19.1. The Balaban J connectivity index is 2.21. The van der Waals surface area contributed by atoms with Gasteiger partial charge in [0.25, 0.3) is 0 Å². The number of fused-ring (bicyclic) bond motifs is 1. The second-order valence-electron chi connectivity index (χ2n) is 5.99. The van der Waals surface area contributed by atoms with Crippen LogP contribution in [0, 0.1) is 17.1 Å². The molecule has 1 N–H and O–H groups in total. The van der Waals surface area contributed by atoms with E-state index in [-0.39, 0.29) is 11.3 Å². The summed E-state index contributed by atoms with van der Waals surface area (Å²) in [5.41, 5.74) is -1.76. The van der Waals surface area contributed by atoms with Crippen LogP contribution in [0.2, 0.25) is 0 Å². The highest BCUT2D eigenvalue weighted by Gasteiger charge is 2.58. The summed E-state index contributed by atoms with van der Waals surface area (Å²) in [5.74, 6) is -5.93. The van der Waals surface area contributed by atoms with Gasteiger partial charge in [0.2, 0.25) is 0 Å². The van der Waals surface area contributed by atoms with Gasteiger partial charge in [0.1, 0.15) is 23.4 Å². The first-order valence-electron chi connectivity index (χ1n) is 7.42. The topological polar surface area (TPSA) is 87.4 Å². The van der Waals surface area contributed by atoms with Crippen molar-refractivity contribution in [2.24, 2.45) is 0 Å². The molecule has 2 aromatic carbocycles. The molecule has 0 spiro atoms. The number of hydrogen-bond acceptors (Lipinski definition) is 5. The molecule has 0 aliphatic heterocycles. The lowest BCUT2D eigenvalue weighted by atomic mass is 10.1. The zero-order chi connectivity index (χ0) is 20.1. The Kier molecular flexibility index (Phi) is 4.40. The Morgan fingerprint density at radius 3 is 2.48 bits per heavy atom. The molecule has 2 atom stereocenters. The molecule has 142 valence electrons. The minimum absolute atomic E-state index is 0.128. The lowest BCUT2D eigenvalue weighted by Crippen LogP contribution is -2.24. The van der Waals surface area contributed by atoms with Crippen molar-refractivity contribution in [2.45, 2.75) is 23.1 Å². The van der Waals surface area contributed by atoms with E-state index in [1.54, 1.807) is 6.07 Å². The summed E-state index contributed by atoms with van der Waals surface area (Å²) in [6.07, 6.45) is -5.01. The van der Waals surface area contributed by atoms with Gasteiger partial charge >= 0.3 is 5.92 Å². The zero-order valence-corrected chi connectivity index (χ0v) is 14.4. The van der Waals surface area contributed by atoms with Crippen LogP contribution in [0.25, 0.3) is 0 Å². The summed E-state index contributed by atoms with van der Waals surface area (Å²) in [6.45, 7) is 0. The maximum Gasteiger partial charge on any atom is 0.312 e. The van der Waals surface area contributed by atoms with Gasteiger partial charge in [-0.25, -0.2) is 17.2 Å². The molecule has 0 heterocycles. The van der Waals surface area contributed by atoms with Crippen molar-refractivity contribution in [3.8, 4) is 17.6 Å². The van der Waals surface area contributed by atoms with Gasteiger partial charge in [-0.15, -0.1) is 0 Å². The van der Waals surface area contributed by atoms with Crippen LogP contribution in [0.1, 0.15) is 29.0 Å². The lowest BCUT2D eigenvalue weighted by molar-refractivity contribution is -0.143. The first-order chi connectivity index (χ1) is 12.5. The number of benzene rings is 2. The normalized spacial score (nSPS) is 20.8. The number of ether oxygens (including phenoxy) is 1. The van der Waals surface area contributed by atoms with Crippen molar-refractivity contribution in [3.63, 3.8) is 0 Å². The van der Waals surface area contributed by atoms with Gasteiger partial charge in [0.05, 0.1) is 16.5 Å². The van der Waals surface area contributed by atoms with Crippen LogP contribution in [0.5, 0.6) is 11.5 Å². The maximum atomic E-state index is 14.4. The van der Waals surface area contributed by atoms with Gasteiger partial charge in [-0.1, -0.05) is 0 Å². The Morgan fingerprint density at radius 1 is 1.22 bits per heavy atom. The van der Waals surface area contributed by atoms with Crippen LogP contribution in [-0.4, -0.2) is 25.7 Å². The molecule has 0 amide bonds. The van der Waals surface area contributed by atoms with Crippen molar-refractivity contribution in [2.75, 3.05) is 6.26 Å². The summed E-state index contributed by atoms with van der Waals surface area (Å²) >= 11 is 0. The third kappa shape index (κ3) is 3.13. The van der Waals surface area contributed by atoms with Crippen molar-refractivity contribution >= 4 is 9.84 Å². The fourth-order valence-corrected chi connectivity index (χ4v) is 3.83. The quantitative estimate of drug-likeness (QED) is 0.795. The number of nitrogens with zero attached hydrogens (tertiary/aromatic N) is 1. The van der Waals surface area contributed by atoms with Gasteiger partial charge < -0.3 is 9.84 Å². The molecule has 2 aromatic rings. The van der Waals surface area contributed by atoms with Gasteiger partial charge in [-0.05, 0) is 24.3 Å². The van der Waals surface area contributed by atoms with E-state index < -0.39 is 55.6 Å². The number of rotatable bonds is 3. The van der Waals surface area contributed by atoms with Crippen molar-refractivity contribution in [1.82, 2.24) is 0 Å². The predicted octanol–water partition coefficient (Wildman–Crippen LogP) is 3.59. The molecule has 1 aliphatic rings. The number of sulfone groups is 1. The van der Waals surface area contributed by atoms with E-state index in [2.05, 4.69) is 0 Å². The fourth-order valence-electron chi connectivity index (χ4n) is 2.89. The van der Waals surface area contributed by atoms with E-state index in [0.717, 1.165) is 36.6 Å². The number of aliphatic hydroxyl groups is 1. The van der Waals surface area contributed by atoms with Crippen LogP contribution >= 0.6 is 0 Å². The largest absolute Gasteiger partial charge is 0.457 e. The summed E-state index contributed by atoms with van der Waals surface area (Å²) in [7, 11) is -4.06. The van der Waals surface area contributed by atoms with Crippen LogP contribution in [0.4, 0.5) is 17.6 Å². The van der Waals surface area contributed by atoms with E-state index in [4.69, 9.17) is 10.00 Å². The second kappa shape index (κ2) is 6.21. The van der Waals surface area contributed by atoms with Gasteiger partial charge in [-0.2, -0.15) is 14.0 Å². The van der Waals surface area contributed by atoms with Gasteiger partial charge in [-0.3, -0.25) is 0 Å². The minimum atomic E-state index is -4.28. The molecule has 0 aromatic heterocycles. The third-order valence-corrected chi connectivity index (χ3v) is 5.22. The molecule has 27 heavy (non-hydrogen) atoms. The molecule has 0 saturated carbocycles. The average molecular weight is 401 g/mol. The van der Waals surface area contributed by atoms with Crippen LogP contribution in [0.3, 0.4) is 0 Å². The van der Waals surface area contributed by atoms with Crippen molar-refractivity contribution < 1.29 is 35.8 Å². The van der Waals surface area contributed by atoms with Crippen LogP contribution < -0.4 is 4.74 Å². The monoisotopic (exact) mass is 401 g/mol. The highest BCUT2D eigenvalue weighted by atomic mass is 32.2. The highest BCUT2D eigenvalue weighted by Crippen LogP contribution is 2.57. The molecule has 10 heteroatoms. The summed E-state index contributed by atoms with van der Waals surface area (Å²) in [4.78, 5) is -0.658. The fraction of sp³-hybridized carbons (Fsp3) is 0.235. The third-order valence-electron chi connectivity index (χ3n) is 4.06. The SMILES string of the molecule is CS(=O)(=O)c1ccc(Oc2cc(F)cc(C#N)c2)c2c1[C@H](O)C(F)(F)C2F. The first-order valence-corrected chi connectivity index (χ1v) is 9.31. The van der Waals surface area contributed by atoms with E-state index >= 15 is 0 Å². The lowest BCUT2D eigenvalue weighted by Gasteiger charge is -2.16. The van der Waals surface area contributed by atoms with Gasteiger partial charge in [0.15, 0.2) is 16.0 Å². The van der Waals surface area contributed by atoms with E-state index in [9.17, 15) is 31.1 Å². The summed E-state index contributed by atoms with van der Waals surface area (Å²) in [5, 5.41) is 18.7. The number of alkyl halides is 3. The Hall–Kier alpha value is -2.64. The van der Waals surface area contributed by atoms with Crippen molar-refractivity contribution in [1.29, 1.82) is 5.26 Å². The number of hydrogen-bond donors (Lipinski definition) is 1. The molecule has 1 unspecified atom stereocenters. The Bertz CT molecular complexity index is 1080. The van der Waals surface area contributed by atoms with Crippen molar-refractivity contribution in [3.05, 3.63) is 52.8 Å². The smallest absolute Gasteiger partial charge is 0.312 e. The number of nitriles is 1. The molecular weight excluding hydrogens is 390 g/mol. The number of aliphatic hydroxyl groups excluding tert-OH is 1. The molecule has 0 bridgehead atoms. The molecular formula is C17H11F4NO4S. The van der Waals surface area contributed by atoms with E-state index in [1.165, 1.54) is 0 Å². The van der Waals surface area contributed by atoms with E-state index in [1.807, 2.05) is 0 Å². The molecule has 1 aliphatic carbocycles. The average Bonchev–Trinajstić information content (AvgIpc) is 2.75. The molecule has 0 fully saturated rings. The zero-order valence-electron chi connectivity index (χ0n) is 13.6. The maximum absolute atomic E-state index is 14.4. The standard InChI is InChI=1S/C17H11F4NO4S/c1-27(24,25)12-3-2-11(13-14(12)16(23)17(20,21)15(13)19)26-10-5-8(7-22)4-9(18)6-10/h2-6,15-16,23H,1H3/t15?,16-/m0/s1. The molecule has 0 radical (unpaired) electrons. The van der Waals surface area contributed by atoms with Crippen LogP contribution in [-0.2, 0) is 9.84 Å². The van der Waals surface area contributed by atoms with Crippen LogP contribution in [0.15, 0.2) is 35.2 Å². The molecule has 0 saturated heterocycles. The second-order valence-corrected chi connectivity index (χ2v) is 7.97.